The summed E-state index contributed by atoms with van der Waals surface area (Å²) in [6, 6.07) is 0. The minimum atomic E-state index is -1.77. The zero-order valence-corrected chi connectivity index (χ0v) is 10.3. The number of ether oxygens (including phenoxy) is 1. The molecule has 0 aromatic rings. The molecule has 95 valence electrons. The van der Waals surface area contributed by atoms with Gasteiger partial charge in [-0.05, 0) is 0 Å². The van der Waals surface area contributed by atoms with E-state index in [0.29, 0.717) is 0 Å². The molecule has 1 rings (SSSR count). The van der Waals surface area contributed by atoms with Crippen LogP contribution >= 0.6 is 34.8 Å². The van der Waals surface area contributed by atoms with Gasteiger partial charge in [-0.1, -0.05) is 34.8 Å². The molecule has 4 N–H and O–H groups in total. The van der Waals surface area contributed by atoms with Crippen molar-refractivity contribution in [2.45, 2.75) is 34.3 Å². The SMILES string of the molecule is OC[C@H]1OC([CH]C(Cl)(Cl)Cl)[C@H](O)[C@@H](O)[C@@H]1O. The van der Waals surface area contributed by atoms with Crippen molar-refractivity contribution < 1.29 is 25.2 Å². The zero-order chi connectivity index (χ0) is 12.5. The molecule has 0 spiro atoms. The summed E-state index contributed by atoms with van der Waals surface area (Å²) in [5, 5.41) is 37.3. The second kappa shape index (κ2) is 5.54. The molecule has 16 heavy (non-hydrogen) atoms. The molecule has 1 unspecified atom stereocenters. The molecule has 8 heteroatoms. The van der Waals surface area contributed by atoms with Gasteiger partial charge in [0.2, 0.25) is 0 Å². The number of aliphatic hydroxyl groups is 4. The van der Waals surface area contributed by atoms with Gasteiger partial charge in [-0.15, -0.1) is 0 Å². The first kappa shape index (κ1) is 14.7. The monoisotopic (exact) mass is 293 g/mol. The summed E-state index contributed by atoms with van der Waals surface area (Å²) in [7, 11) is 0. The third-order valence-electron chi connectivity index (χ3n) is 2.28. The minimum Gasteiger partial charge on any atom is -0.394 e. The van der Waals surface area contributed by atoms with Gasteiger partial charge in [0.1, 0.15) is 24.4 Å². The third kappa shape index (κ3) is 3.58. The number of aliphatic hydroxyl groups excluding tert-OH is 4. The standard InChI is InChI=1S/C8H12Cl3O5/c9-8(10,11)1-3-5(13)7(15)6(14)4(2-12)16-3/h1,3-7,12-15H,2H2/t3?,4-,5+,6-,7-/m1/s1. The number of halogens is 3. The lowest BCUT2D eigenvalue weighted by Crippen LogP contribution is -2.59. The summed E-state index contributed by atoms with van der Waals surface area (Å²) in [5.41, 5.74) is 0. The van der Waals surface area contributed by atoms with E-state index in [4.69, 9.17) is 44.6 Å². The number of hydrogen-bond acceptors (Lipinski definition) is 5. The lowest BCUT2D eigenvalue weighted by atomic mass is 9.94. The van der Waals surface area contributed by atoms with Crippen molar-refractivity contribution in [3.8, 4) is 0 Å². The smallest absolute Gasteiger partial charge is 0.196 e. The molecule has 1 heterocycles. The lowest BCUT2D eigenvalue weighted by molar-refractivity contribution is -0.220. The Hall–Kier alpha value is 0.670. The molecule has 5 nitrogen and oxygen atoms in total. The molecule has 0 bridgehead atoms. The van der Waals surface area contributed by atoms with E-state index in [1.807, 2.05) is 0 Å². The van der Waals surface area contributed by atoms with Crippen LogP contribution in [-0.4, -0.2) is 61.3 Å². The van der Waals surface area contributed by atoms with Crippen molar-refractivity contribution in [1.82, 2.24) is 0 Å². The Morgan fingerprint density at radius 3 is 2.06 bits per heavy atom. The van der Waals surface area contributed by atoms with Crippen molar-refractivity contribution in [2.24, 2.45) is 0 Å². The fraction of sp³-hybridized carbons (Fsp3) is 0.875. The van der Waals surface area contributed by atoms with E-state index in [2.05, 4.69) is 0 Å². The number of alkyl halides is 3. The Bertz CT molecular complexity index is 232. The van der Waals surface area contributed by atoms with Crippen LogP contribution in [0.3, 0.4) is 0 Å². The van der Waals surface area contributed by atoms with Crippen molar-refractivity contribution in [1.29, 1.82) is 0 Å². The van der Waals surface area contributed by atoms with Crippen LogP contribution in [0.25, 0.3) is 0 Å². The summed E-state index contributed by atoms with van der Waals surface area (Å²) in [4.78, 5) is 0. The van der Waals surface area contributed by atoms with E-state index in [1.54, 1.807) is 0 Å². The minimum absolute atomic E-state index is 0.519. The van der Waals surface area contributed by atoms with Gasteiger partial charge in [-0.3, -0.25) is 0 Å². The highest BCUT2D eigenvalue weighted by Crippen LogP contribution is 2.35. The average Bonchev–Trinajstić information content (AvgIpc) is 2.17. The van der Waals surface area contributed by atoms with Crippen LogP contribution in [0.15, 0.2) is 0 Å². The Morgan fingerprint density at radius 1 is 1.06 bits per heavy atom. The molecule has 0 aliphatic carbocycles. The normalized spacial score (nSPS) is 41.1. The van der Waals surface area contributed by atoms with Gasteiger partial charge in [0, 0.05) is 6.42 Å². The number of hydrogen-bond donors (Lipinski definition) is 4. The molecule has 1 radical (unpaired) electrons. The van der Waals surface area contributed by atoms with E-state index in [0.717, 1.165) is 6.42 Å². The maximum Gasteiger partial charge on any atom is 0.196 e. The van der Waals surface area contributed by atoms with Crippen LogP contribution in [0.4, 0.5) is 0 Å². The van der Waals surface area contributed by atoms with E-state index in [9.17, 15) is 15.3 Å². The van der Waals surface area contributed by atoms with Crippen molar-refractivity contribution >= 4 is 34.8 Å². The maximum absolute atomic E-state index is 9.56. The second-order valence-electron chi connectivity index (χ2n) is 3.50. The van der Waals surface area contributed by atoms with Crippen LogP contribution in [0.1, 0.15) is 0 Å². The zero-order valence-electron chi connectivity index (χ0n) is 8.00. The fourth-order valence-electron chi connectivity index (χ4n) is 1.45. The van der Waals surface area contributed by atoms with Gasteiger partial charge >= 0.3 is 0 Å². The van der Waals surface area contributed by atoms with Crippen LogP contribution in [0, 0.1) is 6.42 Å². The predicted molar refractivity (Wildman–Crippen MR) is 58.4 cm³/mol. The van der Waals surface area contributed by atoms with Crippen LogP contribution in [0.5, 0.6) is 0 Å². The fourth-order valence-corrected chi connectivity index (χ4v) is 1.83. The van der Waals surface area contributed by atoms with Gasteiger partial charge in [0.05, 0.1) is 12.7 Å². The summed E-state index contributed by atoms with van der Waals surface area (Å²) in [6.07, 6.45) is -5.34. The van der Waals surface area contributed by atoms with Crippen LogP contribution < -0.4 is 0 Å². The van der Waals surface area contributed by atoms with Crippen molar-refractivity contribution in [2.75, 3.05) is 6.61 Å². The second-order valence-corrected chi connectivity index (χ2v) is 5.87. The third-order valence-corrected chi connectivity index (χ3v) is 2.66. The van der Waals surface area contributed by atoms with Gasteiger partial charge < -0.3 is 25.2 Å². The molecule has 1 aliphatic heterocycles. The lowest BCUT2D eigenvalue weighted by Gasteiger charge is -2.40. The molecule has 0 amide bonds. The summed E-state index contributed by atoms with van der Waals surface area (Å²) in [6.45, 7) is -0.519. The molecular weight excluding hydrogens is 282 g/mol. The van der Waals surface area contributed by atoms with Gasteiger partial charge in [0.25, 0.3) is 0 Å². The topological polar surface area (TPSA) is 90.2 Å². The molecule has 0 saturated carbocycles. The summed E-state index contributed by atoms with van der Waals surface area (Å²) in [5.74, 6) is 0. The molecule has 1 saturated heterocycles. The molecule has 5 atom stereocenters. The van der Waals surface area contributed by atoms with Gasteiger partial charge in [-0.25, -0.2) is 0 Å². The Morgan fingerprint density at radius 2 is 1.62 bits per heavy atom. The van der Waals surface area contributed by atoms with E-state index >= 15 is 0 Å². The molecule has 0 aromatic carbocycles. The largest absolute Gasteiger partial charge is 0.394 e. The first-order chi connectivity index (χ1) is 7.26. The molecular formula is C8H12Cl3O5. The highest BCUT2D eigenvalue weighted by atomic mass is 35.6. The first-order valence-electron chi connectivity index (χ1n) is 4.49. The quantitative estimate of drug-likeness (QED) is 0.511. The Labute approximate surface area is 107 Å². The van der Waals surface area contributed by atoms with Crippen molar-refractivity contribution in [3.05, 3.63) is 6.42 Å². The Balaban J connectivity index is 2.71. The van der Waals surface area contributed by atoms with Crippen molar-refractivity contribution in [3.63, 3.8) is 0 Å². The summed E-state index contributed by atoms with van der Waals surface area (Å²) < 4.78 is 3.32. The van der Waals surface area contributed by atoms with Gasteiger partial charge in [-0.2, -0.15) is 0 Å². The molecule has 0 aromatic heterocycles. The van der Waals surface area contributed by atoms with Crippen LogP contribution in [0.2, 0.25) is 0 Å². The van der Waals surface area contributed by atoms with Crippen LogP contribution in [-0.2, 0) is 4.74 Å². The van der Waals surface area contributed by atoms with E-state index < -0.39 is 40.9 Å². The first-order valence-corrected chi connectivity index (χ1v) is 5.63. The van der Waals surface area contributed by atoms with E-state index in [1.165, 1.54) is 0 Å². The Kier molecular flexibility index (Phi) is 5.10. The predicted octanol–water partition coefficient (Wildman–Crippen LogP) is -0.597. The average molecular weight is 295 g/mol. The molecule has 1 aliphatic rings. The molecule has 1 fully saturated rings. The highest BCUT2D eigenvalue weighted by Gasteiger charge is 2.45. The highest BCUT2D eigenvalue weighted by molar-refractivity contribution is 6.68. The maximum atomic E-state index is 9.56. The summed E-state index contributed by atoms with van der Waals surface area (Å²) >= 11 is 16.5. The number of rotatable bonds is 2. The van der Waals surface area contributed by atoms with E-state index in [-0.39, 0.29) is 0 Å². The van der Waals surface area contributed by atoms with Gasteiger partial charge in [0.15, 0.2) is 3.79 Å².